The first kappa shape index (κ1) is 31.2. The molecule has 0 saturated carbocycles. The first-order valence-corrected chi connectivity index (χ1v) is 16.5. The molecule has 0 bridgehead atoms. The van der Waals surface area contributed by atoms with E-state index >= 15 is 0 Å². The largest absolute Gasteiger partial charge is 0.396 e. The summed E-state index contributed by atoms with van der Waals surface area (Å²) in [6, 6.07) is 15.5. The molecule has 1 aliphatic rings. The highest BCUT2D eigenvalue weighted by Gasteiger charge is 2.30. The van der Waals surface area contributed by atoms with E-state index < -0.39 is 0 Å². The van der Waals surface area contributed by atoms with E-state index in [1.54, 1.807) is 6.07 Å². The zero-order valence-corrected chi connectivity index (χ0v) is 27.0. The van der Waals surface area contributed by atoms with Crippen LogP contribution in [-0.4, -0.2) is 45.2 Å². The quantitative estimate of drug-likeness (QED) is 0.212. The average molecular weight is 618 g/mol. The number of likely N-dealkylation sites (tertiary alicyclic amines) is 1. The monoisotopic (exact) mass is 617 g/mol. The lowest BCUT2D eigenvalue weighted by molar-refractivity contribution is 0.0618. The number of para-hydroxylation sites is 1. The Morgan fingerprint density at radius 1 is 1.12 bits per heavy atom. The fourth-order valence-electron chi connectivity index (χ4n) is 6.04. The lowest BCUT2D eigenvalue weighted by Crippen LogP contribution is -2.42. The fraction of sp³-hybridized carbons (Fsp3) is 0.400. The Hall–Kier alpha value is -3.26. The molecule has 8 heteroatoms. The first-order valence-electron chi connectivity index (χ1n) is 15.3. The molecule has 1 amide bonds. The number of aryl methyl sites for hydroxylation is 2. The molecule has 0 radical (unpaired) electrons. The number of thiazole rings is 1. The van der Waals surface area contributed by atoms with Gasteiger partial charge in [-0.05, 0) is 73.3 Å². The highest BCUT2D eigenvalue weighted by Crippen LogP contribution is 2.32. The Morgan fingerprint density at radius 3 is 2.44 bits per heavy atom. The van der Waals surface area contributed by atoms with Gasteiger partial charge in [0.2, 0.25) is 0 Å². The predicted octanol–water partition coefficient (Wildman–Crippen LogP) is 7.45. The highest BCUT2D eigenvalue weighted by atomic mass is 35.5. The molecule has 3 heterocycles. The number of aliphatic hydroxyl groups excluding tert-OH is 1. The number of halogens is 1. The summed E-state index contributed by atoms with van der Waals surface area (Å²) >= 11 is 7.52. The summed E-state index contributed by atoms with van der Waals surface area (Å²) in [5.74, 6) is 0.181. The zero-order chi connectivity index (χ0) is 30.7. The lowest BCUT2D eigenvalue weighted by atomic mass is 9.95. The highest BCUT2D eigenvalue weighted by molar-refractivity contribution is 7.13. The van der Waals surface area contributed by atoms with Gasteiger partial charge >= 0.3 is 0 Å². The van der Waals surface area contributed by atoms with Crippen LogP contribution in [0.5, 0.6) is 0 Å². The average Bonchev–Trinajstić information content (AvgIpc) is 3.51. The van der Waals surface area contributed by atoms with E-state index in [1.807, 2.05) is 45.2 Å². The van der Waals surface area contributed by atoms with Gasteiger partial charge in [-0.3, -0.25) is 14.2 Å². The van der Waals surface area contributed by atoms with E-state index in [-0.39, 0.29) is 29.9 Å². The van der Waals surface area contributed by atoms with E-state index in [4.69, 9.17) is 16.6 Å². The summed E-state index contributed by atoms with van der Waals surface area (Å²) in [5, 5.41) is 13.1. The normalized spacial score (nSPS) is 15.3. The molecule has 1 N–H and O–H groups in total. The fourth-order valence-corrected chi connectivity index (χ4v) is 7.00. The maximum Gasteiger partial charge on any atom is 0.265 e. The molecule has 5 rings (SSSR count). The number of amides is 1. The van der Waals surface area contributed by atoms with Crippen molar-refractivity contribution in [3.8, 4) is 27.5 Å². The van der Waals surface area contributed by atoms with Crippen LogP contribution in [0.4, 0.5) is 0 Å². The van der Waals surface area contributed by atoms with E-state index in [0.717, 1.165) is 59.4 Å². The van der Waals surface area contributed by atoms with E-state index in [1.165, 1.54) is 11.3 Å². The van der Waals surface area contributed by atoms with Gasteiger partial charge in [0.05, 0.1) is 22.5 Å². The number of aliphatic hydroxyl groups is 1. The van der Waals surface area contributed by atoms with Crippen molar-refractivity contribution in [3.63, 3.8) is 0 Å². The van der Waals surface area contributed by atoms with E-state index in [0.29, 0.717) is 40.7 Å². The van der Waals surface area contributed by atoms with Crippen LogP contribution < -0.4 is 5.56 Å². The van der Waals surface area contributed by atoms with Gasteiger partial charge in [0.15, 0.2) is 0 Å². The van der Waals surface area contributed by atoms with Crippen LogP contribution in [-0.2, 0) is 19.3 Å². The zero-order valence-electron chi connectivity index (χ0n) is 25.4. The number of hydrogen-bond acceptors (Lipinski definition) is 5. The van der Waals surface area contributed by atoms with Gasteiger partial charge in [-0.15, -0.1) is 11.3 Å². The van der Waals surface area contributed by atoms with Crippen LogP contribution in [0, 0.1) is 11.8 Å². The molecule has 6 nitrogen and oxygen atoms in total. The summed E-state index contributed by atoms with van der Waals surface area (Å²) in [6.45, 7) is 9.64. The second-order valence-electron chi connectivity index (χ2n) is 11.8. The number of pyridine rings is 1. The third-order valence-corrected chi connectivity index (χ3v) is 9.39. The topological polar surface area (TPSA) is 75.4 Å². The van der Waals surface area contributed by atoms with Crippen LogP contribution in [0.25, 0.3) is 27.5 Å². The summed E-state index contributed by atoms with van der Waals surface area (Å²) in [7, 11) is 0. The number of piperidine rings is 1. The van der Waals surface area contributed by atoms with Crippen molar-refractivity contribution in [2.24, 2.45) is 11.8 Å². The van der Waals surface area contributed by atoms with Crippen LogP contribution in [0.1, 0.15) is 67.7 Å². The molecule has 2 aromatic heterocycles. The molecule has 1 aliphatic heterocycles. The standard InChI is InChI=1S/C35H40ClN3O3S/c1-5-24-10-7-11-25(6-2)32(24)39-31(17-22(3)4)28(34(41)38-16-8-9-23(19-38)20-40)18-29(35(39)42)33-37-30(21-43-33)26-12-14-27(36)15-13-26/h7,10-15,18,21-23,40H,5-6,8-9,16-17,19-20H2,1-4H3/t23-/m0/s1. The Labute approximate surface area is 263 Å². The molecule has 4 aromatic rings. The Balaban J connectivity index is 1.78. The molecule has 0 unspecified atom stereocenters. The third-order valence-electron chi connectivity index (χ3n) is 8.26. The molecule has 43 heavy (non-hydrogen) atoms. The number of nitrogens with zero attached hydrogens (tertiary/aromatic N) is 3. The first-order chi connectivity index (χ1) is 20.7. The Kier molecular flexibility index (Phi) is 9.85. The summed E-state index contributed by atoms with van der Waals surface area (Å²) in [4.78, 5) is 35.9. The predicted molar refractivity (Wildman–Crippen MR) is 177 cm³/mol. The SMILES string of the molecule is CCc1cccc(CC)c1-n1c(CC(C)C)c(C(=O)N2CCC[C@H](CO)C2)cc(-c2nc(-c3ccc(Cl)cc3)cs2)c1=O. The number of carbonyl (C=O) groups is 1. The summed E-state index contributed by atoms with van der Waals surface area (Å²) < 4.78 is 1.83. The molecule has 0 aliphatic carbocycles. The van der Waals surface area contributed by atoms with Crippen molar-refractivity contribution in [1.29, 1.82) is 0 Å². The molecule has 2 aromatic carbocycles. The van der Waals surface area contributed by atoms with Gasteiger partial charge in [0, 0.05) is 41.4 Å². The molecule has 1 atom stereocenters. The van der Waals surface area contributed by atoms with Crippen LogP contribution in [0.2, 0.25) is 5.02 Å². The van der Waals surface area contributed by atoms with Gasteiger partial charge < -0.3 is 10.0 Å². The van der Waals surface area contributed by atoms with Crippen molar-refractivity contribution in [3.05, 3.63) is 91.7 Å². The molecular formula is C35H40ClN3O3S. The summed E-state index contributed by atoms with van der Waals surface area (Å²) in [5.41, 5.74) is 6.23. The van der Waals surface area contributed by atoms with Crippen LogP contribution in [0.15, 0.2) is 58.7 Å². The Morgan fingerprint density at radius 2 is 1.81 bits per heavy atom. The maximum absolute atomic E-state index is 14.7. The number of benzene rings is 2. The smallest absolute Gasteiger partial charge is 0.265 e. The number of hydrogen-bond donors (Lipinski definition) is 1. The second-order valence-corrected chi connectivity index (χ2v) is 13.1. The maximum atomic E-state index is 14.7. The van der Waals surface area contributed by atoms with Crippen molar-refractivity contribution < 1.29 is 9.90 Å². The van der Waals surface area contributed by atoms with Crippen molar-refractivity contribution in [1.82, 2.24) is 14.5 Å². The number of aromatic nitrogens is 2. The van der Waals surface area contributed by atoms with E-state index in [9.17, 15) is 14.7 Å². The minimum Gasteiger partial charge on any atom is -0.396 e. The Bertz CT molecular complexity index is 1640. The molecule has 226 valence electrons. The molecule has 1 fully saturated rings. The molecule has 0 spiro atoms. The van der Waals surface area contributed by atoms with Crippen molar-refractivity contribution >= 4 is 28.8 Å². The van der Waals surface area contributed by atoms with Gasteiger partial charge in [0.25, 0.3) is 11.5 Å². The summed E-state index contributed by atoms with van der Waals surface area (Å²) in [6.07, 6.45) is 3.83. The van der Waals surface area contributed by atoms with Crippen LogP contribution in [0.3, 0.4) is 0 Å². The molecular weight excluding hydrogens is 578 g/mol. The van der Waals surface area contributed by atoms with E-state index in [2.05, 4.69) is 39.8 Å². The third kappa shape index (κ3) is 6.49. The lowest BCUT2D eigenvalue weighted by Gasteiger charge is -2.33. The van der Waals surface area contributed by atoms with Crippen molar-refractivity contribution in [2.75, 3.05) is 19.7 Å². The minimum atomic E-state index is -0.160. The van der Waals surface area contributed by atoms with Gasteiger partial charge in [-0.2, -0.15) is 0 Å². The molecule has 1 saturated heterocycles. The van der Waals surface area contributed by atoms with Crippen LogP contribution >= 0.6 is 22.9 Å². The minimum absolute atomic E-state index is 0.0592. The van der Waals surface area contributed by atoms with Crippen molar-refractivity contribution in [2.45, 2.75) is 59.8 Å². The van der Waals surface area contributed by atoms with Gasteiger partial charge in [0.1, 0.15) is 5.01 Å². The number of rotatable bonds is 9. The van der Waals surface area contributed by atoms with Gasteiger partial charge in [-0.25, -0.2) is 4.98 Å². The van der Waals surface area contributed by atoms with Gasteiger partial charge in [-0.1, -0.05) is 69.6 Å². The number of carbonyl (C=O) groups excluding carboxylic acids is 1. The second kappa shape index (κ2) is 13.6.